The zero-order valence-electron chi connectivity index (χ0n) is 7.38. The summed E-state index contributed by atoms with van der Waals surface area (Å²) in [6.45, 7) is 4.46. The zero-order chi connectivity index (χ0) is 8.65. The van der Waals surface area contributed by atoms with Crippen molar-refractivity contribution < 1.29 is 9.84 Å². The third-order valence-corrected chi connectivity index (χ3v) is 1.97. The van der Waals surface area contributed by atoms with Crippen molar-refractivity contribution in [3.05, 3.63) is 0 Å². The molecule has 0 radical (unpaired) electrons. The SMILES string of the molecule is OCCOCC[C@H]1CNCCN1. The number of aliphatic hydroxyl groups is 1. The van der Waals surface area contributed by atoms with E-state index in [-0.39, 0.29) is 6.61 Å². The van der Waals surface area contributed by atoms with Gasteiger partial charge in [-0.3, -0.25) is 0 Å². The van der Waals surface area contributed by atoms with Crippen molar-refractivity contribution in [1.29, 1.82) is 0 Å². The Hall–Kier alpha value is -0.160. The van der Waals surface area contributed by atoms with Gasteiger partial charge in [-0.2, -0.15) is 0 Å². The first-order valence-electron chi connectivity index (χ1n) is 4.56. The maximum absolute atomic E-state index is 8.45. The van der Waals surface area contributed by atoms with Gasteiger partial charge in [-0.1, -0.05) is 0 Å². The molecule has 0 aromatic heterocycles. The molecule has 0 unspecified atom stereocenters. The van der Waals surface area contributed by atoms with E-state index in [1.54, 1.807) is 0 Å². The van der Waals surface area contributed by atoms with Gasteiger partial charge in [-0.05, 0) is 6.42 Å². The van der Waals surface area contributed by atoms with Gasteiger partial charge in [-0.15, -0.1) is 0 Å². The third kappa shape index (κ3) is 4.01. The second-order valence-corrected chi connectivity index (χ2v) is 2.98. The summed E-state index contributed by atoms with van der Waals surface area (Å²) in [6.07, 6.45) is 1.02. The molecule has 1 saturated heterocycles. The molecule has 0 bridgehead atoms. The summed E-state index contributed by atoms with van der Waals surface area (Å²) < 4.78 is 5.17. The fraction of sp³-hybridized carbons (Fsp3) is 1.00. The predicted octanol–water partition coefficient (Wildman–Crippen LogP) is -1.05. The minimum absolute atomic E-state index is 0.121. The van der Waals surface area contributed by atoms with Crippen molar-refractivity contribution in [2.45, 2.75) is 12.5 Å². The maximum atomic E-state index is 8.45. The van der Waals surface area contributed by atoms with Crippen molar-refractivity contribution in [1.82, 2.24) is 10.6 Å². The van der Waals surface area contributed by atoms with Gasteiger partial charge in [0.1, 0.15) is 0 Å². The lowest BCUT2D eigenvalue weighted by molar-refractivity contribution is 0.0848. The highest BCUT2D eigenvalue weighted by atomic mass is 16.5. The summed E-state index contributed by atoms with van der Waals surface area (Å²) in [4.78, 5) is 0. The smallest absolute Gasteiger partial charge is 0.0697 e. The summed E-state index contributed by atoms with van der Waals surface area (Å²) in [5.74, 6) is 0. The van der Waals surface area contributed by atoms with Crippen LogP contribution in [0.4, 0.5) is 0 Å². The number of piperazine rings is 1. The van der Waals surface area contributed by atoms with E-state index in [9.17, 15) is 0 Å². The first-order chi connectivity index (χ1) is 5.93. The lowest BCUT2D eigenvalue weighted by Crippen LogP contribution is -2.48. The summed E-state index contributed by atoms with van der Waals surface area (Å²) in [6, 6.07) is 0.539. The average molecular weight is 174 g/mol. The van der Waals surface area contributed by atoms with Gasteiger partial charge in [0.25, 0.3) is 0 Å². The number of aliphatic hydroxyl groups excluding tert-OH is 1. The second-order valence-electron chi connectivity index (χ2n) is 2.98. The van der Waals surface area contributed by atoms with E-state index in [0.717, 1.165) is 32.7 Å². The molecule has 4 heteroatoms. The molecule has 4 nitrogen and oxygen atoms in total. The quantitative estimate of drug-likeness (QED) is 0.465. The molecular formula is C8H18N2O2. The van der Waals surface area contributed by atoms with Crippen LogP contribution in [0, 0.1) is 0 Å². The molecule has 3 N–H and O–H groups in total. The molecule has 12 heavy (non-hydrogen) atoms. The van der Waals surface area contributed by atoms with Gasteiger partial charge in [-0.25, -0.2) is 0 Å². The first-order valence-corrected chi connectivity index (χ1v) is 4.56. The van der Waals surface area contributed by atoms with Crippen LogP contribution < -0.4 is 10.6 Å². The number of ether oxygens (including phenoxy) is 1. The van der Waals surface area contributed by atoms with Crippen molar-refractivity contribution in [2.24, 2.45) is 0 Å². The summed E-state index contributed by atoms with van der Waals surface area (Å²) in [5.41, 5.74) is 0. The monoisotopic (exact) mass is 174 g/mol. The van der Waals surface area contributed by atoms with E-state index in [2.05, 4.69) is 10.6 Å². The summed E-state index contributed by atoms with van der Waals surface area (Å²) in [7, 11) is 0. The molecule has 0 aliphatic carbocycles. The molecular weight excluding hydrogens is 156 g/mol. The van der Waals surface area contributed by atoms with Crippen LogP contribution in [-0.4, -0.2) is 50.6 Å². The van der Waals surface area contributed by atoms with Crippen LogP contribution in [0.15, 0.2) is 0 Å². The van der Waals surface area contributed by atoms with E-state index in [0.29, 0.717) is 12.6 Å². The highest BCUT2D eigenvalue weighted by Gasteiger charge is 2.10. The number of hydrogen-bond acceptors (Lipinski definition) is 4. The molecule has 1 heterocycles. The van der Waals surface area contributed by atoms with Crippen LogP contribution in [-0.2, 0) is 4.74 Å². The number of rotatable bonds is 5. The standard InChI is InChI=1S/C8H18N2O2/c11-4-6-12-5-1-8-7-9-2-3-10-8/h8-11H,1-7H2/t8-/m0/s1. The van der Waals surface area contributed by atoms with Gasteiger partial charge in [0, 0.05) is 32.3 Å². The van der Waals surface area contributed by atoms with Crippen LogP contribution in [0.2, 0.25) is 0 Å². The van der Waals surface area contributed by atoms with Gasteiger partial charge < -0.3 is 20.5 Å². The molecule has 1 fully saturated rings. The van der Waals surface area contributed by atoms with Crippen molar-refractivity contribution in [3.8, 4) is 0 Å². The maximum Gasteiger partial charge on any atom is 0.0697 e. The molecule has 0 aromatic carbocycles. The van der Waals surface area contributed by atoms with E-state index < -0.39 is 0 Å². The molecule has 0 aromatic rings. The number of hydrogen-bond donors (Lipinski definition) is 3. The van der Waals surface area contributed by atoms with Gasteiger partial charge in [0.05, 0.1) is 13.2 Å². The minimum Gasteiger partial charge on any atom is -0.394 e. The zero-order valence-corrected chi connectivity index (χ0v) is 7.38. The van der Waals surface area contributed by atoms with Gasteiger partial charge in [0.2, 0.25) is 0 Å². The lowest BCUT2D eigenvalue weighted by atomic mass is 10.2. The largest absolute Gasteiger partial charge is 0.394 e. The third-order valence-electron chi connectivity index (χ3n) is 1.97. The average Bonchev–Trinajstić information content (AvgIpc) is 2.14. The Balaban J connectivity index is 1.91. The van der Waals surface area contributed by atoms with Crippen molar-refractivity contribution in [2.75, 3.05) is 39.5 Å². The fourth-order valence-electron chi connectivity index (χ4n) is 1.31. The Labute approximate surface area is 73.3 Å². The summed E-state index contributed by atoms with van der Waals surface area (Å²) in [5, 5.41) is 15.1. The highest BCUT2D eigenvalue weighted by molar-refractivity contribution is 4.74. The topological polar surface area (TPSA) is 53.5 Å². The molecule has 1 aliphatic heterocycles. The minimum atomic E-state index is 0.121. The van der Waals surface area contributed by atoms with Gasteiger partial charge in [0.15, 0.2) is 0 Å². The normalized spacial score (nSPS) is 24.2. The molecule has 72 valence electrons. The second kappa shape index (κ2) is 6.37. The number of nitrogens with one attached hydrogen (secondary N) is 2. The van der Waals surface area contributed by atoms with Crippen LogP contribution in [0.1, 0.15) is 6.42 Å². The van der Waals surface area contributed by atoms with Crippen LogP contribution >= 0.6 is 0 Å². The van der Waals surface area contributed by atoms with Crippen LogP contribution in [0.25, 0.3) is 0 Å². The Kier molecular flexibility index (Phi) is 5.27. The first kappa shape index (κ1) is 9.92. The molecule has 1 atom stereocenters. The van der Waals surface area contributed by atoms with E-state index in [1.807, 2.05) is 0 Å². The highest BCUT2D eigenvalue weighted by Crippen LogP contribution is 1.94. The van der Waals surface area contributed by atoms with Crippen molar-refractivity contribution >= 4 is 0 Å². The Bertz CT molecular complexity index is 105. The Morgan fingerprint density at radius 2 is 2.25 bits per heavy atom. The Morgan fingerprint density at radius 3 is 2.92 bits per heavy atom. The molecule has 0 saturated carbocycles. The van der Waals surface area contributed by atoms with Gasteiger partial charge >= 0.3 is 0 Å². The predicted molar refractivity (Wildman–Crippen MR) is 47.2 cm³/mol. The lowest BCUT2D eigenvalue weighted by Gasteiger charge is -2.24. The molecule has 0 amide bonds. The van der Waals surface area contributed by atoms with Crippen LogP contribution in [0.5, 0.6) is 0 Å². The summed E-state index contributed by atoms with van der Waals surface area (Å²) >= 11 is 0. The molecule has 0 spiro atoms. The Morgan fingerprint density at radius 1 is 1.33 bits per heavy atom. The molecule has 1 aliphatic rings. The fourth-order valence-corrected chi connectivity index (χ4v) is 1.31. The van der Waals surface area contributed by atoms with E-state index >= 15 is 0 Å². The van der Waals surface area contributed by atoms with E-state index in [4.69, 9.17) is 9.84 Å². The molecule has 1 rings (SSSR count). The van der Waals surface area contributed by atoms with Crippen molar-refractivity contribution in [3.63, 3.8) is 0 Å². The van der Waals surface area contributed by atoms with Crippen LogP contribution in [0.3, 0.4) is 0 Å². The van der Waals surface area contributed by atoms with E-state index in [1.165, 1.54) is 0 Å².